The molecule has 5 heteroatoms. The van der Waals surface area contributed by atoms with E-state index in [1.165, 1.54) is 5.56 Å². The molecule has 0 aliphatic carbocycles. The monoisotopic (exact) mass is 257 g/mol. The topological polar surface area (TPSA) is 62.7 Å². The zero-order valence-electron chi connectivity index (χ0n) is 11.3. The van der Waals surface area contributed by atoms with Crippen molar-refractivity contribution in [3.05, 3.63) is 42.0 Å². The number of nitrogens with one attached hydrogen (secondary N) is 2. The molecule has 2 aromatic heterocycles. The summed E-state index contributed by atoms with van der Waals surface area (Å²) in [6.45, 7) is 2.89. The number of hydrogen-bond acceptors (Lipinski definition) is 5. The lowest BCUT2D eigenvalue weighted by Gasteiger charge is -2.09. The fraction of sp³-hybridized carbons (Fsp3) is 0.357. The van der Waals surface area contributed by atoms with Crippen LogP contribution in [0.1, 0.15) is 18.3 Å². The van der Waals surface area contributed by atoms with E-state index in [2.05, 4.69) is 32.5 Å². The molecule has 2 rings (SSSR count). The van der Waals surface area contributed by atoms with Gasteiger partial charge in [0.15, 0.2) is 0 Å². The number of hydrogen-bond donors (Lipinski definition) is 2. The van der Waals surface area contributed by atoms with Gasteiger partial charge in [-0.1, -0.05) is 6.92 Å². The maximum Gasteiger partial charge on any atom is 0.132 e. The molecule has 5 nitrogen and oxygen atoms in total. The molecule has 2 heterocycles. The first kappa shape index (κ1) is 13.3. The van der Waals surface area contributed by atoms with Crippen LogP contribution in [0.25, 0.3) is 0 Å². The molecule has 0 spiro atoms. The van der Waals surface area contributed by atoms with Gasteiger partial charge in [0, 0.05) is 38.5 Å². The van der Waals surface area contributed by atoms with Gasteiger partial charge in [-0.15, -0.1) is 0 Å². The molecule has 0 bridgehead atoms. The zero-order chi connectivity index (χ0) is 13.5. The van der Waals surface area contributed by atoms with Gasteiger partial charge in [0.25, 0.3) is 0 Å². The Labute approximate surface area is 113 Å². The molecule has 2 N–H and O–H groups in total. The number of pyridine rings is 1. The second-order valence-corrected chi connectivity index (χ2v) is 4.19. The van der Waals surface area contributed by atoms with Gasteiger partial charge in [0.1, 0.15) is 17.5 Å². The largest absolute Gasteiger partial charge is 0.373 e. The predicted molar refractivity (Wildman–Crippen MR) is 77.4 cm³/mol. The minimum atomic E-state index is 0.828. The molecule has 0 amide bonds. The highest BCUT2D eigenvalue weighted by atomic mass is 15.1. The third-order valence-corrected chi connectivity index (χ3v) is 2.81. The smallest absolute Gasteiger partial charge is 0.132 e. The molecule has 0 atom stereocenters. The highest BCUT2D eigenvalue weighted by molar-refractivity contribution is 5.47. The fourth-order valence-electron chi connectivity index (χ4n) is 1.76. The van der Waals surface area contributed by atoms with Crippen LogP contribution in [-0.2, 0) is 12.8 Å². The second-order valence-electron chi connectivity index (χ2n) is 4.19. The average molecular weight is 257 g/mol. The Morgan fingerprint density at radius 2 is 1.84 bits per heavy atom. The first-order valence-electron chi connectivity index (χ1n) is 6.50. The standard InChI is InChI=1S/C14H19N5/c1-3-12-18-13(15-2)10-14(19-12)17-9-6-11-4-7-16-8-5-11/h4-5,7-8,10H,3,6,9H2,1-2H3,(H2,15,17,18,19). The molecule has 0 aliphatic heterocycles. The van der Waals surface area contributed by atoms with Crippen LogP contribution in [0.15, 0.2) is 30.6 Å². The predicted octanol–water partition coefficient (Wildman–Crippen LogP) is 2.13. The van der Waals surface area contributed by atoms with E-state index in [4.69, 9.17) is 0 Å². The summed E-state index contributed by atoms with van der Waals surface area (Å²) < 4.78 is 0. The number of rotatable bonds is 6. The lowest BCUT2D eigenvalue weighted by molar-refractivity contribution is 0.926. The van der Waals surface area contributed by atoms with E-state index in [0.717, 1.165) is 36.8 Å². The number of aryl methyl sites for hydroxylation is 1. The summed E-state index contributed by atoms with van der Waals surface area (Å²) in [5, 5.41) is 6.38. The summed E-state index contributed by atoms with van der Waals surface area (Å²) in [5.74, 6) is 2.56. The third kappa shape index (κ3) is 3.91. The quantitative estimate of drug-likeness (QED) is 0.830. The molecule has 0 saturated carbocycles. The third-order valence-electron chi connectivity index (χ3n) is 2.81. The van der Waals surface area contributed by atoms with E-state index in [1.807, 2.05) is 37.6 Å². The number of anilines is 2. The zero-order valence-corrected chi connectivity index (χ0v) is 11.3. The van der Waals surface area contributed by atoms with Crippen molar-refractivity contribution in [2.24, 2.45) is 0 Å². The van der Waals surface area contributed by atoms with Crippen molar-refractivity contribution in [3.63, 3.8) is 0 Å². The Hall–Kier alpha value is -2.17. The summed E-state index contributed by atoms with van der Waals surface area (Å²) in [5.41, 5.74) is 1.26. The van der Waals surface area contributed by atoms with Crippen LogP contribution in [-0.4, -0.2) is 28.5 Å². The minimum absolute atomic E-state index is 0.828. The average Bonchev–Trinajstić information content (AvgIpc) is 2.48. The molecule has 0 radical (unpaired) electrons. The first-order chi connectivity index (χ1) is 9.31. The molecule has 0 aliphatic rings. The van der Waals surface area contributed by atoms with E-state index < -0.39 is 0 Å². The van der Waals surface area contributed by atoms with Gasteiger partial charge in [-0.25, -0.2) is 9.97 Å². The van der Waals surface area contributed by atoms with Crippen LogP contribution >= 0.6 is 0 Å². The lowest BCUT2D eigenvalue weighted by Crippen LogP contribution is -2.09. The van der Waals surface area contributed by atoms with Crippen LogP contribution < -0.4 is 10.6 Å². The Morgan fingerprint density at radius 3 is 2.53 bits per heavy atom. The first-order valence-corrected chi connectivity index (χ1v) is 6.50. The Balaban J connectivity index is 1.95. The minimum Gasteiger partial charge on any atom is -0.373 e. The summed E-state index contributed by atoms with van der Waals surface area (Å²) >= 11 is 0. The fourth-order valence-corrected chi connectivity index (χ4v) is 1.76. The van der Waals surface area contributed by atoms with Crippen molar-refractivity contribution in [2.45, 2.75) is 19.8 Å². The summed E-state index contributed by atoms with van der Waals surface area (Å²) in [6.07, 6.45) is 5.40. The van der Waals surface area contributed by atoms with Crippen molar-refractivity contribution >= 4 is 11.6 Å². The van der Waals surface area contributed by atoms with E-state index in [1.54, 1.807) is 0 Å². The van der Waals surface area contributed by atoms with E-state index >= 15 is 0 Å². The molecular weight excluding hydrogens is 238 g/mol. The van der Waals surface area contributed by atoms with Gasteiger partial charge < -0.3 is 10.6 Å². The highest BCUT2D eigenvalue weighted by Crippen LogP contribution is 2.11. The van der Waals surface area contributed by atoms with E-state index in [0.29, 0.717) is 0 Å². The Morgan fingerprint density at radius 1 is 1.11 bits per heavy atom. The van der Waals surface area contributed by atoms with Gasteiger partial charge in [0.2, 0.25) is 0 Å². The SMILES string of the molecule is CCc1nc(NC)cc(NCCc2ccncc2)n1. The van der Waals surface area contributed by atoms with Crippen LogP contribution in [0, 0.1) is 0 Å². The van der Waals surface area contributed by atoms with Gasteiger partial charge in [-0.05, 0) is 24.1 Å². The van der Waals surface area contributed by atoms with Gasteiger partial charge in [0.05, 0.1) is 0 Å². The second kappa shape index (κ2) is 6.68. The summed E-state index contributed by atoms with van der Waals surface area (Å²) in [7, 11) is 1.86. The normalized spacial score (nSPS) is 10.2. The van der Waals surface area contributed by atoms with E-state index in [-0.39, 0.29) is 0 Å². The molecular formula is C14H19N5. The van der Waals surface area contributed by atoms with Crippen LogP contribution in [0.3, 0.4) is 0 Å². The van der Waals surface area contributed by atoms with Gasteiger partial charge >= 0.3 is 0 Å². The van der Waals surface area contributed by atoms with Crippen molar-refractivity contribution in [1.29, 1.82) is 0 Å². The lowest BCUT2D eigenvalue weighted by atomic mass is 10.2. The Kier molecular flexibility index (Phi) is 4.66. The van der Waals surface area contributed by atoms with Crippen molar-refractivity contribution in [2.75, 3.05) is 24.2 Å². The van der Waals surface area contributed by atoms with Crippen molar-refractivity contribution in [3.8, 4) is 0 Å². The maximum absolute atomic E-state index is 4.46. The van der Waals surface area contributed by atoms with Crippen LogP contribution in [0.2, 0.25) is 0 Å². The highest BCUT2D eigenvalue weighted by Gasteiger charge is 2.02. The number of aromatic nitrogens is 3. The van der Waals surface area contributed by atoms with E-state index in [9.17, 15) is 0 Å². The Bertz CT molecular complexity index is 490. The number of nitrogens with zero attached hydrogens (tertiary/aromatic N) is 3. The summed E-state index contributed by atoms with van der Waals surface area (Å²) in [6, 6.07) is 5.97. The van der Waals surface area contributed by atoms with Gasteiger partial charge in [-0.2, -0.15) is 0 Å². The maximum atomic E-state index is 4.46. The molecule has 0 saturated heterocycles. The molecule has 100 valence electrons. The van der Waals surface area contributed by atoms with Crippen molar-refractivity contribution < 1.29 is 0 Å². The molecule has 0 unspecified atom stereocenters. The van der Waals surface area contributed by atoms with Crippen molar-refractivity contribution in [1.82, 2.24) is 15.0 Å². The molecule has 0 aromatic carbocycles. The van der Waals surface area contributed by atoms with Crippen LogP contribution in [0.5, 0.6) is 0 Å². The molecule has 2 aromatic rings. The van der Waals surface area contributed by atoms with Gasteiger partial charge in [-0.3, -0.25) is 4.98 Å². The molecule has 19 heavy (non-hydrogen) atoms. The molecule has 0 fully saturated rings. The summed E-state index contributed by atoms with van der Waals surface area (Å²) in [4.78, 5) is 12.8. The van der Waals surface area contributed by atoms with Crippen LogP contribution in [0.4, 0.5) is 11.6 Å².